The molecule has 36 heavy (non-hydrogen) atoms. The van der Waals surface area contributed by atoms with Gasteiger partial charge in [-0.05, 0) is 37.0 Å². The number of hydrogen-bond donors (Lipinski definition) is 1. The Morgan fingerprint density at radius 2 is 1.69 bits per heavy atom. The molecule has 3 saturated heterocycles. The first-order valence-corrected chi connectivity index (χ1v) is 13.6. The minimum atomic E-state index is -0.644. The summed E-state index contributed by atoms with van der Waals surface area (Å²) in [6.07, 6.45) is 1.22. The van der Waals surface area contributed by atoms with E-state index < -0.39 is 23.9 Å². The molecule has 14 atom stereocenters. The number of ether oxygens (including phenoxy) is 3. The molecule has 3 heterocycles. The minimum Gasteiger partial charge on any atom is -0.462 e. The monoisotopic (exact) mass is 499 g/mol. The number of carbonyl (C=O) groups is 3. The van der Waals surface area contributed by atoms with Crippen molar-refractivity contribution in [2.75, 3.05) is 0 Å². The van der Waals surface area contributed by atoms with Crippen molar-refractivity contribution in [3.05, 3.63) is 12.2 Å². The van der Waals surface area contributed by atoms with Gasteiger partial charge >= 0.3 is 17.9 Å². The molecule has 9 aliphatic rings. The van der Waals surface area contributed by atoms with Crippen LogP contribution in [0.25, 0.3) is 0 Å². The normalized spacial score (nSPS) is 56.3. The van der Waals surface area contributed by atoms with Crippen molar-refractivity contribution < 1.29 is 33.7 Å². The van der Waals surface area contributed by atoms with Crippen LogP contribution in [0.2, 0.25) is 0 Å². The molecule has 1 N–H and O–H groups in total. The van der Waals surface area contributed by atoms with Crippen LogP contribution in [0, 0.1) is 45.8 Å². The third-order valence-corrected chi connectivity index (χ3v) is 11.6. The average Bonchev–Trinajstić information content (AvgIpc) is 3.13. The quantitative estimate of drug-likeness (QED) is 0.358. The number of nitrogens with zero attached hydrogens (tertiary/aromatic N) is 1. The SMILES string of the molecule is C=C1C[C@]23C[C@H]4[C@H]5[C@]67C[C@@H](OC(=O)C(C)C)C[C@@]5(C)C(O)N4[C@@H]6[C@H]2[C@@H](OC(C)=O)[C@H]1[C@@H](OC(C)=O)[C@H]37. The lowest BCUT2D eigenvalue weighted by atomic mass is 9.39. The molecular formula is C28H37NO7. The van der Waals surface area contributed by atoms with Gasteiger partial charge < -0.3 is 19.3 Å². The average molecular weight is 500 g/mol. The highest BCUT2D eigenvalue weighted by Crippen LogP contribution is 2.88. The van der Waals surface area contributed by atoms with Crippen molar-refractivity contribution in [3.8, 4) is 0 Å². The first-order valence-electron chi connectivity index (χ1n) is 13.6. The maximum Gasteiger partial charge on any atom is 0.308 e. The summed E-state index contributed by atoms with van der Waals surface area (Å²) >= 11 is 0. The summed E-state index contributed by atoms with van der Waals surface area (Å²) in [6, 6.07) is 0.220. The van der Waals surface area contributed by atoms with Crippen LogP contribution in [-0.2, 0) is 28.6 Å². The molecular weight excluding hydrogens is 462 g/mol. The molecule has 3 aliphatic heterocycles. The predicted octanol–water partition coefficient (Wildman–Crippen LogP) is 2.43. The molecule has 6 aliphatic carbocycles. The molecule has 9 rings (SSSR count). The van der Waals surface area contributed by atoms with E-state index in [1.807, 2.05) is 13.8 Å². The minimum absolute atomic E-state index is 0.00427. The van der Waals surface area contributed by atoms with Crippen LogP contribution in [0.3, 0.4) is 0 Å². The molecule has 9 fully saturated rings. The Balaban J connectivity index is 1.42. The number of piperidine rings is 2. The number of fused-ring (bicyclic) bond motifs is 1. The van der Waals surface area contributed by atoms with Gasteiger partial charge in [0.15, 0.2) is 0 Å². The molecule has 0 aromatic rings. The van der Waals surface area contributed by atoms with E-state index in [0.717, 1.165) is 18.4 Å². The van der Waals surface area contributed by atoms with Crippen LogP contribution < -0.4 is 0 Å². The number of aliphatic hydroxyl groups excluding tert-OH is 1. The third-order valence-electron chi connectivity index (χ3n) is 11.6. The molecule has 2 unspecified atom stereocenters. The summed E-state index contributed by atoms with van der Waals surface area (Å²) in [5.41, 5.74) is 0.0931. The number of carbonyl (C=O) groups excluding carboxylic acids is 3. The van der Waals surface area contributed by atoms with Crippen molar-refractivity contribution in [1.29, 1.82) is 0 Å². The van der Waals surface area contributed by atoms with Crippen molar-refractivity contribution in [3.63, 3.8) is 0 Å². The van der Waals surface area contributed by atoms with E-state index >= 15 is 0 Å². The zero-order chi connectivity index (χ0) is 25.7. The van der Waals surface area contributed by atoms with E-state index in [2.05, 4.69) is 18.4 Å². The summed E-state index contributed by atoms with van der Waals surface area (Å²) in [4.78, 5) is 39.9. The highest BCUT2D eigenvalue weighted by atomic mass is 16.6. The summed E-state index contributed by atoms with van der Waals surface area (Å²) in [6.45, 7) is 13.1. The maximum atomic E-state index is 12.7. The molecule has 6 saturated carbocycles. The Morgan fingerprint density at radius 1 is 1.03 bits per heavy atom. The van der Waals surface area contributed by atoms with Gasteiger partial charge in [0.1, 0.15) is 24.5 Å². The standard InChI is InChI=1S/C28H37NO7/c1-11(2)24(32)36-15-8-26(6)21-16-10-27-7-12(3)17-19(34-13(4)30)18(27)23(29(16)25(26)33)28(21,9-15)22(27)20(17)35-14(5)31/h11,15-23,25,33H,3,7-10H2,1-2,4-6H3/t15-,16-,17-,18+,19-,20+,21+,22+,23+,25?,26+,27-,28-/m0/s1. The number of hydrogen-bond acceptors (Lipinski definition) is 8. The van der Waals surface area contributed by atoms with Crippen LogP contribution in [0.15, 0.2) is 12.2 Å². The number of rotatable bonds is 4. The van der Waals surface area contributed by atoms with E-state index in [9.17, 15) is 19.5 Å². The molecule has 8 heteroatoms. The van der Waals surface area contributed by atoms with Crippen LogP contribution in [0.4, 0.5) is 0 Å². The van der Waals surface area contributed by atoms with Crippen molar-refractivity contribution in [2.45, 2.75) is 96.9 Å². The Labute approximate surface area is 211 Å². The zero-order valence-corrected chi connectivity index (χ0v) is 21.7. The largest absolute Gasteiger partial charge is 0.462 e. The molecule has 0 radical (unpaired) electrons. The second kappa shape index (κ2) is 6.73. The fourth-order valence-corrected chi connectivity index (χ4v) is 11.6. The molecule has 196 valence electrons. The molecule has 0 aromatic carbocycles. The second-order valence-corrected chi connectivity index (χ2v) is 13.5. The molecule has 8 nitrogen and oxygen atoms in total. The first-order chi connectivity index (χ1) is 16.9. The van der Waals surface area contributed by atoms with Crippen LogP contribution in [0.1, 0.15) is 60.3 Å². The molecule has 0 amide bonds. The Kier molecular flexibility index (Phi) is 4.34. The highest BCUT2D eigenvalue weighted by Gasteiger charge is 2.92. The van der Waals surface area contributed by atoms with Crippen molar-refractivity contribution in [2.24, 2.45) is 45.8 Å². The predicted molar refractivity (Wildman–Crippen MR) is 126 cm³/mol. The summed E-state index contributed by atoms with van der Waals surface area (Å²) in [5, 5.41) is 11.8. The van der Waals surface area contributed by atoms with Crippen molar-refractivity contribution in [1.82, 2.24) is 4.90 Å². The van der Waals surface area contributed by atoms with Gasteiger partial charge in [0, 0.05) is 48.6 Å². The van der Waals surface area contributed by atoms with Gasteiger partial charge in [0.2, 0.25) is 0 Å². The van der Waals surface area contributed by atoms with Gasteiger partial charge in [0.25, 0.3) is 0 Å². The molecule has 0 aromatic heterocycles. The first kappa shape index (κ1) is 23.2. The summed E-state index contributed by atoms with van der Waals surface area (Å²) in [7, 11) is 0. The summed E-state index contributed by atoms with van der Waals surface area (Å²) in [5.74, 6) is -1.08. The lowest BCUT2D eigenvalue weighted by Crippen LogP contribution is -2.69. The van der Waals surface area contributed by atoms with Gasteiger partial charge in [-0.25, -0.2) is 0 Å². The van der Waals surface area contributed by atoms with Gasteiger partial charge in [-0.1, -0.05) is 32.9 Å². The van der Waals surface area contributed by atoms with E-state index in [-0.39, 0.29) is 76.5 Å². The van der Waals surface area contributed by atoms with Crippen molar-refractivity contribution >= 4 is 17.9 Å². The highest BCUT2D eigenvalue weighted by molar-refractivity contribution is 5.72. The van der Waals surface area contributed by atoms with Crippen LogP contribution in [0.5, 0.6) is 0 Å². The smallest absolute Gasteiger partial charge is 0.308 e. The van der Waals surface area contributed by atoms with E-state index in [1.54, 1.807) is 0 Å². The molecule has 9 bridgehead atoms. The maximum absolute atomic E-state index is 12.7. The Morgan fingerprint density at radius 3 is 2.33 bits per heavy atom. The van der Waals surface area contributed by atoms with Gasteiger partial charge in [-0.2, -0.15) is 0 Å². The lowest BCUT2D eigenvalue weighted by Gasteiger charge is -2.66. The zero-order valence-electron chi connectivity index (χ0n) is 21.7. The second-order valence-electron chi connectivity index (χ2n) is 13.5. The topological polar surface area (TPSA) is 102 Å². The van der Waals surface area contributed by atoms with E-state index in [0.29, 0.717) is 12.8 Å². The Bertz CT molecular complexity index is 1100. The van der Waals surface area contributed by atoms with E-state index in [1.165, 1.54) is 13.8 Å². The fraction of sp³-hybridized carbons (Fsp3) is 0.821. The number of aliphatic hydroxyl groups is 1. The summed E-state index contributed by atoms with van der Waals surface area (Å²) < 4.78 is 18.3. The molecule has 2 spiro atoms. The third kappa shape index (κ3) is 2.30. The number of esters is 3. The Hall–Kier alpha value is -1.93. The van der Waals surface area contributed by atoms with Crippen LogP contribution >= 0.6 is 0 Å². The van der Waals surface area contributed by atoms with Gasteiger partial charge in [-0.15, -0.1) is 0 Å². The van der Waals surface area contributed by atoms with Gasteiger partial charge in [0.05, 0.1) is 11.8 Å². The van der Waals surface area contributed by atoms with E-state index in [4.69, 9.17) is 14.2 Å². The van der Waals surface area contributed by atoms with Gasteiger partial charge in [-0.3, -0.25) is 19.3 Å². The fourth-order valence-electron chi connectivity index (χ4n) is 11.6. The van der Waals surface area contributed by atoms with Crippen LogP contribution in [-0.4, -0.2) is 64.5 Å². The lowest BCUT2D eigenvalue weighted by molar-refractivity contribution is -0.233.